The van der Waals surface area contributed by atoms with Gasteiger partial charge in [-0.15, -0.1) is 0 Å². The Balaban J connectivity index is 1.96. The number of nitrogens with one attached hydrogen (secondary N) is 1. The maximum absolute atomic E-state index is 11.4. The number of methoxy groups -OCH3 is 1. The molecule has 1 N–H and O–H groups in total. The summed E-state index contributed by atoms with van der Waals surface area (Å²) in [4.78, 5) is 3.96. The van der Waals surface area contributed by atoms with Crippen LogP contribution in [0.1, 0.15) is 24.7 Å². The first-order valence-electron chi connectivity index (χ1n) is 4.94. The topological polar surface area (TPSA) is 94.3 Å². The van der Waals surface area contributed by atoms with Crippen LogP contribution in [0.5, 0.6) is 0 Å². The molecule has 0 bridgehead atoms. The van der Waals surface area contributed by atoms with Gasteiger partial charge in [0.25, 0.3) is 5.95 Å². The van der Waals surface area contributed by atoms with Gasteiger partial charge in [-0.1, -0.05) is 0 Å². The Morgan fingerprint density at radius 3 is 2.94 bits per heavy atom. The number of rotatable bonds is 6. The Morgan fingerprint density at radius 2 is 2.31 bits per heavy atom. The predicted octanol–water partition coefficient (Wildman–Crippen LogP) is 0.335. The van der Waals surface area contributed by atoms with Gasteiger partial charge in [0.15, 0.2) is 0 Å². The van der Waals surface area contributed by atoms with Gasteiger partial charge in [-0.05, 0) is 18.0 Å². The Bertz CT molecular complexity index is 452. The molecule has 1 heterocycles. The summed E-state index contributed by atoms with van der Waals surface area (Å²) in [5.41, 5.74) is 0. The quantitative estimate of drug-likeness (QED) is 0.778. The van der Waals surface area contributed by atoms with Crippen LogP contribution in [-0.4, -0.2) is 38.0 Å². The van der Waals surface area contributed by atoms with E-state index < -0.39 is 10.0 Å². The fourth-order valence-corrected chi connectivity index (χ4v) is 2.01. The first-order chi connectivity index (χ1) is 7.61. The number of hydrogen-bond acceptors (Lipinski definition) is 6. The first kappa shape index (κ1) is 11.3. The van der Waals surface area contributed by atoms with Gasteiger partial charge in [-0.2, -0.15) is 4.98 Å². The normalized spacial score (nSPS) is 16.3. The van der Waals surface area contributed by atoms with E-state index >= 15 is 0 Å². The molecule has 1 aliphatic carbocycles. The summed E-state index contributed by atoms with van der Waals surface area (Å²) in [6.45, 7) is 0.128. The zero-order valence-electron chi connectivity index (χ0n) is 8.84. The molecule has 0 radical (unpaired) electrons. The fraction of sp³-hybridized carbons (Fsp3) is 0.750. The van der Waals surface area contributed by atoms with Crippen molar-refractivity contribution in [2.24, 2.45) is 0 Å². The number of hydrogen-bond donors (Lipinski definition) is 1. The molecule has 0 saturated heterocycles. The van der Waals surface area contributed by atoms with Gasteiger partial charge in [0.2, 0.25) is 15.9 Å². The lowest BCUT2D eigenvalue weighted by Gasteiger charge is -2.01. The van der Waals surface area contributed by atoms with E-state index in [0.717, 1.165) is 12.8 Å². The van der Waals surface area contributed by atoms with E-state index in [4.69, 9.17) is 4.52 Å². The third-order valence-electron chi connectivity index (χ3n) is 2.17. The van der Waals surface area contributed by atoms with Crippen LogP contribution < -0.4 is 4.72 Å². The van der Waals surface area contributed by atoms with Gasteiger partial charge in [0, 0.05) is 13.0 Å². The molecule has 1 aromatic heterocycles. The fourth-order valence-electron chi connectivity index (χ4n) is 1.16. The zero-order valence-corrected chi connectivity index (χ0v) is 9.66. The number of ether oxygens (including phenoxy) is 1. The van der Waals surface area contributed by atoms with Crippen LogP contribution >= 0.6 is 0 Å². The van der Waals surface area contributed by atoms with Gasteiger partial charge in [-0.25, -0.2) is 13.1 Å². The summed E-state index contributed by atoms with van der Waals surface area (Å²) in [6, 6.07) is 0. The van der Waals surface area contributed by atoms with Crippen molar-refractivity contribution < 1.29 is 17.7 Å². The van der Waals surface area contributed by atoms with Gasteiger partial charge >= 0.3 is 0 Å². The molecule has 0 spiro atoms. The van der Waals surface area contributed by atoms with Crippen molar-refractivity contribution in [1.29, 1.82) is 0 Å². The molecule has 8 heteroatoms. The van der Waals surface area contributed by atoms with Gasteiger partial charge in [0.1, 0.15) is 0 Å². The van der Waals surface area contributed by atoms with E-state index in [-0.39, 0.29) is 18.3 Å². The molecule has 0 aromatic carbocycles. The number of nitrogens with zero attached hydrogens (tertiary/aromatic N) is 2. The van der Waals surface area contributed by atoms with Crippen LogP contribution in [0.2, 0.25) is 0 Å². The van der Waals surface area contributed by atoms with Gasteiger partial charge < -0.3 is 9.26 Å². The van der Waals surface area contributed by atoms with Crippen molar-refractivity contribution in [3.63, 3.8) is 0 Å². The zero-order chi connectivity index (χ0) is 11.6. The summed E-state index contributed by atoms with van der Waals surface area (Å²) in [7, 11) is -2.01. The summed E-state index contributed by atoms with van der Waals surface area (Å²) in [6.07, 6.45) is 2.05. The average Bonchev–Trinajstić information content (AvgIpc) is 2.98. The van der Waals surface area contributed by atoms with Crippen molar-refractivity contribution in [3.05, 3.63) is 5.89 Å². The molecule has 16 heavy (non-hydrogen) atoms. The second-order valence-corrected chi connectivity index (χ2v) is 5.49. The maximum Gasteiger partial charge on any atom is 0.277 e. The molecule has 1 aromatic rings. The van der Waals surface area contributed by atoms with Crippen molar-refractivity contribution in [1.82, 2.24) is 10.1 Å². The highest BCUT2D eigenvalue weighted by molar-refractivity contribution is 7.92. The molecule has 90 valence electrons. The molecule has 0 amide bonds. The lowest BCUT2D eigenvalue weighted by Crippen LogP contribution is -2.20. The van der Waals surface area contributed by atoms with Crippen LogP contribution in [0.4, 0.5) is 5.95 Å². The second kappa shape index (κ2) is 4.38. The van der Waals surface area contributed by atoms with Gasteiger partial charge in [0.05, 0.1) is 12.4 Å². The lowest BCUT2D eigenvalue weighted by atomic mass is 10.4. The molecule has 1 aliphatic rings. The van der Waals surface area contributed by atoms with Crippen molar-refractivity contribution in [3.8, 4) is 0 Å². The van der Waals surface area contributed by atoms with Crippen LogP contribution in [0.3, 0.4) is 0 Å². The molecule has 0 aliphatic heterocycles. The third kappa shape index (κ3) is 2.92. The van der Waals surface area contributed by atoms with Crippen LogP contribution in [0.25, 0.3) is 0 Å². The highest BCUT2D eigenvalue weighted by atomic mass is 32.2. The summed E-state index contributed by atoms with van der Waals surface area (Å²) in [5, 5.41) is 3.55. The predicted molar refractivity (Wildman–Crippen MR) is 55.6 cm³/mol. The Hall–Kier alpha value is -1.15. The van der Waals surface area contributed by atoms with E-state index in [1.54, 1.807) is 0 Å². The molecule has 7 nitrogen and oxygen atoms in total. The van der Waals surface area contributed by atoms with Gasteiger partial charge in [-0.3, -0.25) is 0 Å². The summed E-state index contributed by atoms with van der Waals surface area (Å²) < 4.78 is 34.7. The molecule has 1 fully saturated rings. The molecular formula is C8H13N3O4S. The van der Waals surface area contributed by atoms with E-state index in [9.17, 15) is 8.42 Å². The standard InChI is InChI=1S/C8H13N3O4S/c1-14-4-5-16(12,13)11-8-9-7(15-10-8)6-2-3-6/h6H,2-5H2,1H3,(H,10,11). The Kier molecular flexibility index (Phi) is 3.10. The minimum absolute atomic E-state index is 0.00185. The van der Waals surface area contributed by atoms with E-state index in [1.165, 1.54) is 7.11 Å². The largest absolute Gasteiger partial charge is 0.384 e. The number of sulfonamides is 1. The van der Waals surface area contributed by atoms with E-state index in [2.05, 4.69) is 19.6 Å². The summed E-state index contributed by atoms with van der Waals surface area (Å²) in [5.74, 6) is 0.684. The van der Waals surface area contributed by atoms with E-state index in [1.807, 2.05) is 0 Å². The highest BCUT2D eigenvalue weighted by Gasteiger charge is 2.30. The Labute approximate surface area is 93.2 Å². The molecule has 1 saturated carbocycles. The minimum Gasteiger partial charge on any atom is -0.384 e. The highest BCUT2D eigenvalue weighted by Crippen LogP contribution is 2.39. The molecular weight excluding hydrogens is 234 g/mol. The number of aromatic nitrogens is 2. The number of anilines is 1. The Morgan fingerprint density at radius 1 is 1.56 bits per heavy atom. The van der Waals surface area contributed by atoms with Crippen molar-refractivity contribution in [2.45, 2.75) is 18.8 Å². The third-order valence-corrected chi connectivity index (χ3v) is 3.37. The monoisotopic (exact) mass is 247 g/mol. The minimum atomic E-state index is -3.45. The van der Waals surface area contributed by atoms with Crippen LogP contribution in [-0.2, 0) is 14.8 Å². The smallest absolute Gasteiger partial charge is 0.277 e. The van der Waals surface area contributed by atoms with Crippen molar-refractivity contribution >= 4 is 16.0 Å². The maximum atomic E-state index is 11.4. The van der Waals surface area contributed by atoms with Crippen LogP contribution in [0, 0.1) is 0 Å². The average molecular weight is 247 g/mol. The first-order valence-corrected chi connectivity index (χ1v) is 6.59. The lowest BCUT2D eigenvalue weighted by molar-refractivity contribution is 0.217. The second-order valence-electron chi connectivity index (χ2n) is 3.64. The van der Waals surface area contributed by atoms with Crippen LogP contribution in [0.15, 0.2) is 4.52 Å². The summed E-state index contributed by atoms with van der Waals surface area (Å²) >= 11 is 0. The molecule has 0 unspecified atom stereocenters. The van der Waals surface area contributed by atoms with Crippen molar-refractivity contribution in [2.75, 3.05) is 24.2 Å². The van der Waals surface area contributed by atoms with E-state index in [0.29, 0.717) is 11.8 Å². The SMILES string of the molecule is COCCS(=O)(=O)Nc1noc(C2CC2)n1. The molecule has 2 rings (SSSR count). The molecule has 0 atom stereocenters.